The van der Waals surface area contributed by atoms with E-state index in [0.717, 1.165) is 29.0 Å². The maximum Gasteiger partial charge on any atom is 0.0619 e. The minimum atomic E-state index is 0.171. The summed E-state index contributed by atoms with van der Waals surface area (Å²) in [5, 5.41) is 4.51. The Kier molecular flexibility index (Phi) is 3.54. The van der Waals surface area contributed by atoms with Crippen LogP contribution in [0, 0.1) is 0 Å². The highest BCUT2D eigenvalue weighted by atomic mass is 15.3. The fraction of sp³-hybridized carbons (Fsp3) is 0.188. The molecule has 100 valence electrons. The van der Waals surface area contributed by atoms with Crippen molar-refractivity contribution < 1.29 is 0 Å². The molecule has 4 nitrogen and oxygen atoms in total. The topological polar surface area (TPSA) is 50.2 Å². The minimum Gasteiger partial charge on any atom is -0.278 e. The lowest BCUT2D eigenvalue weighted by Gasteiger charge is -2.22. The van der Waals surface area contributed by atoms with Crippen molar-refractivity contribution >= 4 is 11.4 Å². The molecule has 0 saturated carbocycles. The number of rotatable bonds is 3. The largest absolute Gasteiger partial charge is 0.278 e. The van der Waals surface area contributed by atoms with Crippen molar-refractivity contribution in [2.75, 3.05) is 0 Å². The van der Waals surface area contributed by atoms with Gasteiger partial charge < -0.3 is 0 Å². The number of nitrogens with zero attached hydrogens (tertiary/aromatic N) is 3. The lowest BCUT2D eigenvalue weighted by molar-refractivity contribution is 0.895. The summed E-state index contributed by atoms with van der Waals surface area (Å²) in [6.45, 7) is 2.12. The standard InChI is InChI=1S/C16H16N4/c1-2-15-14(12-5-3-7-17-10-12)9-16(20-19-15)13-6-4-8-18-11-13/h3-11,14,20H,2H2,1H3. The summed E-state index contributed by atoms with van der Waals surface area (Å²) in [6, 6.07) is 8.00. The van der Waals surface area contributed by atoms with E-state index in [9.17, 15) is 0 Å². The Balaban J connectivity index is 1.98. The number of hydrazone groups is 1. The maximum absolute atomic E-state index is 4.51. The van der Waals surface area contributed by atoms with E-state index in [1.54, 1.807) is 12.4 Å². The van der Waals surface area contributed by atoms with E-state index in [0.29, 0.717) is 0 Å². The summed E-state index contributed by atoms with van der Waals surface area (Å²) in [5.41, 5.74) is 7.44. The van der Waals surface area contributed by atoms with Crippen LogP contribution in [-0.2, 0) is 0 Å². The van der Waals surface area contributed by atoms with Gasteiger partial charge in [0, 0.05) is 42.0 Å². The number of aromatic nitrogens is 2. The van der Waals surface area contributed by atoms with Crippen molar-refractivity contribution in [2.45, 2.75) is 19.3 Å². The normalized spacial score (nSPS) is 17.9. The highest BCUT2D eigenvalue weighted by Crippen LogP contribution is 2.27. The lowest BCUT2D eigenvalue weighted by atomic mass is 9.91. The monoisotopic (exact) mass is 264 g/mol. The van der Waals surface area contributed by atoms with Gasteiger partial charge in [0.25, 0.3) is 0 Å². The van der Waals surface area contributed by atoms with E-state index in [-0.39, 0.29) is 5.92 Å². The van der Waals surface area contributed by atoms with Gasteiger partial charge in [-0.3, -0.25) is 15.4 Å². The molecule has 0 aliphatic carbocycles. The van der Waals surface area contributed by atoms with Crippen molar-refractivity contribution in [3.8, 4) is 0 Å². The number of allylic oxidation sites excluding steroid dienone is 1. The predicted octanol–water partition coefficient (Wildman–Crippen LogP) is 2.97. The maximum atomic E-state index is 4.51. The van der Waals surface area contributed by atoms with Gasteiger partial charge in [-0.2, -0.15) is 5.10 Å². The average Bonchev–Trinajstić information content (AvgIpc) is 2.56. The van der Waals surface area contributed by atoms with Crippen LogP contribution in [0.2, 0.25) is 0 Å². The molecule has 3 heterocycles. The zero-order chi connectivity index (χ0) is 13.8. The first kappa shape index (κ1) is 12.5. The van der Waals surface area contributed by atoms with E-state index >= 15 is 0 Å². The van der Waals surface area contributed by atoms with Gasteiger partial charge in [-0.1, -0.05) is 13.0 Å². The predicted molar refractivity (Wildman–Crippen MR) is 80.1 cm³/mol. The summed E-state index contributed by atoms with van der Waals surface area (Å²) >= 11 is 0. The van der Waals surface area contributed by atoms with Crippen LogP contribution in [0.15, 0.2) is 60.2 Å². The first-order chi connectivity index (χ1) is 9.88. The fourth-order valence-corrected chi connectivity index (χ4v) is 2.33. The third kappa shape index (κ3) is 2.45. The highest BCUT2D eigenvalue weighted by Gasteiger charge is 2.20. The third-order valence-electron chi connectivity index (χ3n) is 3.39. The first-order valence-corrected chi connectivity index (χ1v) is 6.73. The summed E-state index contributed by atoms with van der Waals surface area (Å²) in [5.74, 6) is 0.171. The van der Waals surface area contributed by atoms with Crippen molar-refractivity contribution in [3.05, 3.63) is 66.3 Å². The summed E-state index contributed by atoms with van der Waals surface area (Å²) in [4.78, 5) is 8.36. The SMILES string of the molecule is CCC1=NNC(c2cccnc2)=CC1c1cccnc1. The van der Waals surface area contributed by atoms with Gasteiger partial charge >= 0.3 is 0 Å². The molecule has 3 rings (SSSR count). The molecular formula is C16H16N4. The van der Waals surface area contributed by atoms with Gasteiger partial charge in [-0.15, -0.1) is 0 Å². The quantitative estimate of drug-likeness (QED) is 0.927. The molecule has 1 unspecified atom stereocenters. The number of hydrogen-bond donors (Lipinski definition) is 1. The Morgan fingerprint density at radius 2 is 1.90 bits per heavy atom. The zero-order valence-electron chi connectivity index (χ0n) is 11.3. The molecule has 0 fully saturated rings. The smallest absolute Gasteiger partial charge is 0.0619 e. The van der Waals surface area contributed by atoms with Crippen LogP contribution in [0.4, 0.5) is 0 Å². The molecule has 0 aromatic carbocycles. The Morgan fingerprint density at radius 3 is 2.55 bits per heavy atom. The lowest BCUT2D eigenvalue weighted by Crippen LogP contribution is -2.21. The van der Waals surface area contributed by atoms with E-state index < -0.39 is 0 Å². The average molecular weight is 264 g/mol. The summed E-state index contributed by atoms with van der Waals surface area (Å²) in [6.07, 6.45) is 10.4. The molecule has 1 N–H and O–H groups in total. The van der Waals surface area contributed by atoms with Gasteiger partial charge in [-0.05, 0) is 36.3 Å². The Hall–Kier alpha value is -2.49. The van der Waals surface area contributed by atoms with Crippen molar-refractivity contribution in [3.63, 3.8) is 0 Å². The minimum absolute atomic E-state index is 0.171. The third-order valence-corrected chi connectivity index (χ3v) is 3.39. The van der Waals surface area contributed by atoms with Gasteiger partial charge in [0.1, 0.15) is 0 Å². The molecule has 20 heavy (non-hydrogen) atoms. The molecule has 0 spiro atoms. The van der Waals surface area contributed by atoms with Crippen LogP contribution in [0.25, 0.3) is 5.70 Å². The number of hydrogen-bond acceptors (Lipinski definition) is 4. The van der Waals surface area contributed by atoms with E-state index in [1.807, 2.05) is 30.6 Å². The molecule has 1 atom stereocenters. The van der Waals surface area contributed by atoms with E-state index in [1.165, 1.54) is 0 Å². The van der Waals surface area contributed by atoms with Gasteiger partial charge in [0.15, 0.2) is 0 Å². The fourth-order valence-electron chi connectivity index (χ4n) is 2.33. The highest BCUT2D eigenvalue weighted by molar-refractivity contribution is 5.95. The second kappa shape index (κ2) is 5.65. The van der Waals surface area contributed by atoms with Crippen LogP contribution >= 0.6 is 0 Å². The van der Waals surface area contributed by atoms with Crippen LogP contribution in [0.1, 0.15) is 30.4 Å². The zero-order valence-corrected chi connectivity index (χ0v) is 11.3. The molecule has 2 aromatic rings. The molecule has 0 saturated heterocycles. The van der Waals surface area contributed by atoms with Crippen LogP contribution in [0.3, 0.4) is 0 Å². The molecule has 4 heteroatoms. The van der Waals surface area contributed by atoms with Gasteiger partial charge in [0.05, 0.1) is 5.70 Å². The van der Waals surface area contributed by atoms with Gasteiger partial charge in [0.2, 0.25) is 0 Å². The Bertz CT molecular complexity index is 632. The molecule has 2 aromatic heterocycles. The molecule has 1 aliphatic heterocycles. The number of pyridine rings is 2. The molecule has 0 bridgehead atoms. The van der Waals surface area contributed by atoms with Crippen molar-refractivity contribution in [1.29, 1.82) is 0 Å². The van der Waals surface area contributed by atoms with Crippen molar-refractivity contribution in [1.82, 2.24) is 15.4 Å². The summed E-state index contributed by atoms with van der Waals surface area (Å²) < 4.78 is 0. The van der Waals surface area contributed by atoms with Gasteiger partial charge in [-0.25, -0.2) is 0 Å². The van der Waals surface area contributed by atoms with Crippen molar-refractivity contribution in [2.24, 2.45) is 5.10 Å². The first-order valence-electron chi connectivity index (χ1n) is 6.73. The molecule has 1 aliphatic rings. The Morgan fingerprint density at radius 1 is 1.10 bits per heavy atom. The molecule has 0 radical (unpaired) electrons. The van der Waals surface area contributed by atoms with Crippen LogP contribution < -0.4 is 5.43 Å². The summed E-state index contributed by atoms with van der Waals surface area (Å²) in [7, 11) is 0. The van der Waals surface area contributed by atoms with E-state index in [4.69, 9.17) is 0 Å². The molecule has 0 amide bonds. The van der Waals surface area contributed by atoms with Crippen LogP contribution in [0.5, 0.6) is 0 Å². The van der Waals surface area contributed by atoms with E-state index in [2.05, 4.69) is 39.6 Å². The Labute approximate surface area is 118 Å². The van der Waals surface area contributed by atoms with Crippen LogP contribution in [-0.4, -0.2) is 15.7 Å². The second-order valence-corrected chi connectivity index (χ2v) is 4.65. The molecular weight excluding hydrogens is 248 g/mol. The second-order valence-electron chi connectivity index (χ2n) is 4.65. The number of nitrogens with one attached hydrogen (secondary N) is 1.